The molecule has 11 nitrogen and oxygen atoms in total. The largest absolute Gasteiger partial charge is 0.387 e. The molecule has 136 valence electrons. The molecule has 0 spiro atoms. The van der Waals surface area contributed by atoms with Crippen LogP contribution in [-0.2, 0) is 14.3 Å². The molecular weight excluding hydrogens is 356 g/mol. The smallest absolute Gasteiger partial charge is 0.246 e. The lowest BCUT2D eigenvalue weighted by Gasteiger charge is -2.17. The number of rotatable bonds is 6. The number of aliphatic hydroxyl groups is 2. The number of nitrogens with two attached hydrogens (primary N) is 1. The Balaban J connectivity index is 1.80. The minimum Gasteiger partial charge on any atom is -0.387 e. The van der Waals surface area contributed by atoms with Crippen LogP contribution in [0.25, 0.3) is 11.2 Å². The van der Waals surface area contributed by atoms with Gasteiger partial charge < -0.3 is 25.4 Å². The van der Waals surface area contributed by atoms with Gasteiger partial charge in [-0.05, 0) is 6.92 Å². The van der Waals surface area contributed by atoms with Gasteiger partial charge in [-0.25, -0.2) is 15.0 Å². The number of primary amides is 1. The quantitative estimate of drug-likeness (QED) is 0.462. The number of halogens is 1. The summed E-state index contributed by atoms with van der Waals surface area (Å²) in [7, 11) is 0. The van der Waals surface area contributed by atoms with Crippen LogP contribution >= 0.6 is 11.8 Å². The summed E-state index contributed by atoms with van der Waals surface area (Å²) in [6, 6.07) is 0. The van der Waals surface area contributed by atoms with E-state index in [-0.39, 0.29) is 6.61 Å². The number of carbonyl (C=O) groups is 1. The third kappa shape index (κ3) is 3.24. The Labute approximate surface area is 146 Å². The molecule has 2 aromatic rings. The second kappa shape index (κ2) is 7.06. The number of aromatic nitrogens is 4. The summed E-state index contributed by atoms with van der Waals surface area (Å²) < 4.78 is 12.4. The van der Waals surface area contributed by atoms with E-state index in [4.69, 9.17) is 27.0 Å². The molecule has 12 heteroatoms. The van der Waals surface area contributed by atoms with Gasteiger partial charge in [0.1, 0.15) is 30.7 Å². The summed E-state index contributed by atoms with van der Waals surface area (Å²) in [4.78, 5) is 25.6. The van der Waals surface area contributed by atoms with E-state index in [1.807, 2.05) is 0 Å². The topological polar surface area (TPSA) is 158 Å². The average Bonchev–Trinajstić information content (AvgIpc) is 3.15. The highest BCUT2D eigenvalue weighted by Crippen LogP contribution is 2.32. The van der Waals surface area contributed by atoms with Gasteiger partial charge in [0.05, 0.1) is 12.9 Å². The Hall–Kier alpha value is -2.05. The van der Waals surface area contributed by atoms with Gasteiger partial charge in [0.15, 0.2) is 23.2 Å². The number of hydrogen-bond acceptors (Lipinski definition) is 9. The highest BCUT2D eigenvalue weighted by molar-refractivity contribution is 6.24. The number of nitrogens with zero attached hydrogens (tertiary/aromatic N) is 4. The van der Waals surface area contributed by atoms with Crippen LogP contribution in [0.5, 0.6) is 0 Å². The van der Waals surface area contributed by atoms with Crippen molar-refractivity contribution in [3.8, 4) is 0 Å². The van der Waals surface area contributed by atoms with Gasteiger partial charge in [-0.1, -0.05) is 0 Å². The summed E-state index contributed by atoms with van der Waals surface area (Å²) in [6.07, 6.45) is -2.45. The molecule has 0 radical (unpaired) electrons. The van der Waals surface area contributed by atoms with Crippen LogP contribution < -0.4 is 10.6 Å². The van der Waals surface area contributed by atoms with Crippen LogP contribution in [-0.4, -0.2) is 66.7 Å². The fourth-order valence-electron chi connectivity index (χ4n) is 2.53. The van der Waals surface area contributed by atoms with Gasteiger partial charge >= 0.3 is 0 Å². The van der Waals surface area contributed by atoms with Gasteiger partial charge in [0, 0.05) is 11.8 Å². The molecule has 1 saturated heterocycles. The minimum atomic E-state index is -1.25. The maximum Gasteiger partial charge on any atom is 0.246 e. The predicted molar refractivity (Wildman–Crippen MR) is 85.3 cm³/mol. The number of hydrogen-bond donors (Lipinski definition) is 4. The zero-order chi connectivity index (χ0) is 18.1. The number of ether oxygens (including phenoxy) is 2. The molecule has 1 fully saturated rings. The van der Waals surface area contributed by atoms with Crippen LogP contribution in [0.1, 0.15) is 13.2 Å². The lowest BCUT2D eigenvalue weighted by atomic mass is 10.1. The van der Waals surface area contributed by atoms with Gasteiger partial charge in [-0.3, -0.25) is 14.2 Å². The zero-order valence-electron chi connectivity index (χ0n) is 13.1. The molecule has 1 amide bonds. The van der Waals surface area contributed by atoms with E-state index in [9.17, 15) is 15.0 Å². The van der Waals surface area contributed by atoms with Crippen LogP contribution in [0.2, 0.25) is 0 Å². The first kappa shape index (κ1) is 17.8. The fraction of sp³-hybridized carbons (Fsp3) is 0.538. The van der Waals surface area contributed by atoms with Crippen molar-refractivity contribution in [3.05, 3.63) is 12.7 Å². The van der Waals surface area contributed by atoms with Gasteiger partial charge in [-0.15, -0.1) is 0 Å². The van der Waals surface area contributed by atoms with E-state index in [1.165, 1.54) is 24.1 Å². The summed E-state index contributed by atoms with van der Waals surface area (Å²) >= 11 is 5.58. The SMILES string of the molecule is CC(OC[C@H]1O[C@@H](n2cnc3c(NCl)ncnc32)C(O)C1O)C(N)=O. The second-order valence-corrected chi connectivity index (χ2v) is 5.75. The summed E-state index contributed by atoms with van der Waals surface area (Å²) in [5, 5.41) is 20.5. The molecule has 1 aliphatic rings. The molecule has 3 heterocycles. The molecule has 1 aliphatic heterocycles. The molecular formula is C13H17ClN6O5. The van der Waals surface area contributed by atoms with Crippen molar-refractivity contribution in [2.75, 3.05) is 11.4 Å². The lowest BCUT2D eigenvalue weighted by Crippen LogP contribution is -2.37. The van der Waals surface area contributed by atoms with Crippen LogP contribution in [0.3, 0.4) is 0 Å². The number of nitrogens with one attached hydrogen (secondary N) is 1. The van der Waals surface area contributed by atoms with Crippen molar-refractivity contribution in [2.24, 2.45) is 5.73 Å². The molecule has 0 bridgehead atoms. The maximum absolute atomic E-state index is 11.0. The van der Waals surface area contributed by atoms with Crippen molar-refractivity contribution in [3.63, 3.8) is 0 Å². The molecule has 0 saturated carbocycles. The highest BCUT2D eigenvalue weighted by atomic mass is 35.5. The number of anilines is 1. The summed E-state index contributed by atoms with van der Waals surface area (Å²) in [5.74, 6) is -0.336. The number of aliphatic hydroxyl groups excluding tert-OH is 2. The van der Waals surface area contributed by atoms with Crippen LogP contribution in [0.4, 0.5) is 5.82 Å². The van der Waals surface area contributed by atoms with Gasteiger partial charge in [-0.2, -0.15) is 0 Å². The van der Waals surface area contributed by atoms with Crippen molar-refractivity contribution >= 4 is 34.7 Å². The second-order valence-electron chi connectivity index (χ2n) is 5.57. The Kier molecular flexibility index (Phi) is 5.01. The van der Waals surface area contributed by atoms with Crippen molar-refractivity contribution in [2.45, 2.75) is 37.6 Å². The van der Waals surface area contributed by atoms with Crippen LogP contribution in [0.15, 0.2) is 12.7 Å². The van der Waals surface area contributed by atoms with Crippen molar-refractivity contribution in [1.82, 2.24) is 19.5 Å². The Morgan fingerprint density at radius 1 is 1.48 bits per heavy atom. The van der Waals surface area contributed by atoms with E-state index in [1.54, 1.807) is 0 Å². The molecule has 25 heavy (non-hydrogen) atoms. The summed E-state index contributed by atoms with van der Waals surface area (Å²) in [6.45, 7) is 1.37. The molecule has 3 rings (SSSR count). The summed E-state index contributed by atoms with van der Waals surface area (Å²) in [5.41, 5.74) is 5.86. The Morgan fingerprint density at radius 2 is 2.24 bits per heavy atom. The number of imidazole rings is 1. The highest BCUT2D eigenvalue weighted by Gasteiger charge is 2.44. The Bertz CT molecular complexity index is 772. The standard InChI is InChI=1S/C13H17ClN6O5/c1-5(10(15)23)24-2-6-8(21)9(22)13(25-6)20-4-18-7-11(19-14)16-3-17-12(7)20/h3-6,8-9,13,21-22H,2H2,1H3,(H2,15,23)(H,16,17,19)/t5?,6-,8?,9?,13-/m1/s1. The number of carbonyl (C=O) groups excluding carboxylic acids is 1. The van der Waals surface area contributed by atoms with Crippen molar-refractivity contribution < 1.29 is 24.5 Å². The monoisotopic (exact) mass is 372 g/mol. The zero-order valence-corrected chi connectivity index (χ0v) is 13.9. The number of amides is 1. The molecule has 2 aromatic heterocycles. The average molecular weight is 373 g/mol. The third-order valence-electron chi connectivity index (χ3n) is 3.97. The molecule has 0 aliphatic carbocycles. The minimum absolute atomic E-state index is 0.116. The fourth-order valence-corrected chi connectivity index (χ4v) is 2.66. The van der Waals surface area contributed by atoms with E-state index < -0.39 is 36.6 Å². The van der Waals surface area contributed by atoms with E-state index in [0.29, 0.717) is 17.0 Å². The van der Waals surface area contributed by atoms with Gasteiger partial charge in [0.25, 0.3) is 0 Å². The van der Waals surface area contributed by atoms with Crippen LogP contribution in [0, 0.1) is 0 Å². The molecule has 5 atom stereocenters. The van der Waals surface area contributed by atoms with E-state index in [0.717, 1.165) is 0 Å². The Morgan fingerprint density at radius 3 is 2.92 bits per heavy atom. The predicted octanol–water partition coefficient (Wildman–Crippen LogP) is -1.10. The number of fused-ring (bicyclic) bond motifs is 1. The third-order valence-corrected chi connectivity index (χ3v) is 4.15. The first-order valence-electron chi connectivity index (χ1n) is 7.40. The molecule has 3 unspecified atom stereocenters. The van der Waals surface area contributed by atoms with E-state index in [2.05, 4.69) is 19.8 Å². The van der Waals surface area contributed by atoms with Crippen molar-refractivity contribution in [1.29, 1.82) is 0 Å². The van der Waals surface area contributed by atoms with Gasteiger partial charge in [0.2, 0.25) is 5.91 Å². The van der Waals surface area contributed by atoms with E-state index >= 15 is 0 Å². The first-order chi connectivity index (χ1) is 11.9. The first-order valence-corrected chi connectivity index (χ1v) is 7.78. The normalized spacial score (nSPS) is 27.5. The maximum atomic E-state index is 11.0. The molecule has 5 N–H and O–H groups in total. The molecule has 0 aromatic carbocycles. The lowest BCUT2D eigenvalue weighted by molar-refractivity contribution is -0.133.